The van der Waals surface area contributed by atoms with Crippen molar-refractivity contribution in [3.05, 3.63) is 54.1 Å². The fourth-order valence-corrected chi connectivity index (χ4v) is 4.78. The lowest BCUT2D eigenvalue weighted by atomic mass is 9.90. The van der Waals surface area contributed by atoms with Crippen molar-refractivity contribution in [2.45, 2.75) is 18.5 Å². The molecule has 1 fully saturated rings. The molecule has 2 aromatic carbocycles. The van der Waals surface area contributed by atoms with Gasteiger partial charge in [0.15, 0.2) is 0 Å². The van der Waals surface area contributed by atoms with Gasteiger partial charge in [0.2, 0.25) is 5.91 Å². The lowest BCUT2D eigenvalue weighted by molar-refractivity contribution is -0.117. The molecule has 2 N–H and O–H groups in total. The predicted molar refractivity (Wildman–Crippen MR) is 118 cm³/mol. The van der Waals surface area contributed by atoms with E-state index in [4.69, 9.17) is 9.73 Å². The number of hydrogen-bond donors (Lipinski definition) is 2. The van der Waals surface area contributed by atoms with Crippen molar-refractivity contribution in [3.63, 3.8) is 0 Å². The van der Waals surface area contributed by atoms with Crippen molar-refractivity contribution in [2.24, 2.45) is 4.99 Å². The number of carbonyl (C=O) groups excluding carboxylic acids is 1. The van der Waals surface area contributed by atoms with Crippen LogP contribution in [-0.2, 0) is 4.79 Å². The zero-order valence-electron chi connectivity index (χ0n) is 17.2. The highest BCUT2D eigenvalue weighted by Gasteiger charge is 2.46. The lowest BCUT2D eigenvalue weighted by Gasteiger charge is -2.52. The molecule has 0 atom stereocenters. The smallest absolute Gasteiger partial charge is 0.238 e. The van der Waals surface area contributed by atoms with Crippen LogP contribution >= 0.6 is 0 Å². The number of likely N-dealkylation sites (tertiary alicyclic amines) is 1. The number of rotatable bonds is 4. The molecule has 5 rings (SSSR count). The summed E-state index contributed by atoms with van der Waals surface area (Å²) in [5, 5.41) is 6.79. The second-order valence-electron chi connectivity index (χ2n) is 8.12. The molecule has 7 nitrogen and oxygen atoms in total. The molecule has 1 amide bonds. The number of hydrogen-bond acceptors (Lipinski definition) is 6. The van der Waals surface area contributed by atoms with Gasteiger partial charge in [0.05, 0.1) is 20.2 Å². The van der Waals surface area contributed by atoms with Crippen LogP contribution in [0.4, 0.5) is 11.4 Å². The molecule has 30 heavy (non-hydrogen) atoms. The third-order valence-electron chi connectivity index (χ3n) is 6.30. The molecule has 0 bridgehead atoms. The molecular formula is C23H27N5O2. The molecule has 3 aliphatic rings. The third-order valence-corrected chi connectivity index (χ3v) is 6.30. The summed E-state index contributed by atoms with van der Waals surface area (Å²) in [5.41, 5.74) is 3.01. The lowest BCUT2D eigenvalue weighted by Crippen LogP contribution is -2.63. The topological polar surface area (TPSA) is 69.2 Å². The number of ether oxygens (including phenoxy) is 1. The number of benzene rings is 2. The largest absolute Gasteiger partial charge is 0.497 e. The number of fused-ring (bicyclic) bond motifs is 4. The van der Waals surface area contributed by atoms with Gasteiger partial charge in [-0.2, -0.15) is 0 Å². The summed E-state index contributed by atoms with van der Waals surface area (Å²) in [7, 11) is 1.62. The average molecular weight is 406 g/mol. The molecular weight excluding hydrogens is 378 g/mol. The predicted octanol–water partition coefficient (Wildman–Crippen LogP) is 2.61. The van der Waals surface area contributed by atoms with E-state index in [9.17, 15) is 4.79 Å². The minimum Gasteiger partial charge on any atom is -0.497 e. The maximum Gasteiger partial charge on any atom is 0.238 e. The van der Waals surface area contributed by atoms with Gasteiger partial charge in [0.1, 0.15) is 17.2 Å². The van der Waals surface area contributed by atoms with E-state index in [0.717, 1.165) is 56.3 Å². The second kappa shape index (κ2) is 7.65. The van der Waals surface area contributed by atoms with Crippen molar-refractivity contribution in [1.29, 1.82) is 0 Å². The number of piperidine rings is 1. The van der Waals surface area contributed by atoms with E-state index in [-0.39, 0.29) is 11.6 Å². The molecule has 0 aromatic heterocycles. The molecule has 1 saturated heterocycles. The Balaban J connectivity index is 1.23. The number of methoxy groups -OCH3 is 1. The van der Waals surface area contributed by atoms with Crippen LogP contribution in [-0.4, -0.2) is 67.0 Å². The fourth-order valence-electron chi connectivity index (χ4n) is 4.78. The maximum absolute atomic E-state index is 12.6. The molecule has 1 spiro atoms. The SMILES string of the molecule is COc1cccc(NC(=O)CN2CCC3(CC2)Nc2ccccc2C2=NCCN23)c1. The van der Waals surface area contributed by atoms with E-state index in [2.05, 4.69) is 44.7 Å². The number of aliphatic imine (C=N–C) groups is 1. The van der Waals surface area contributed by atoms with Crippen LogP contribution in [0.5, 0.6) is 5.75 Å². The normalized spacial score (nSPS) is 19.5. The second-order valence-corrected chi connectivity index (χ2v) is 8.12. The first kappa shape index (κ1) is 18.9. The van der Waals surface area contributed by atoms with Crippen molar-refractivity contribution < 1.29 is 9.53 Å². The summed E-state index contributed by atoms with van der Waals surface area (Å²) in [4.78, 5) is 22.0. The van der Waals surface area contributed by atoms with Gasteiger partial charge in [-0.25, -0.2) is 0 Å². The highest BCUT2D eigenvalue weighted by atomic mass is 16.5. The molecule has 3 aliphatic heterocycles. The Morgan fingerprint density at radius 3 is 2.83 bits per heavy atom. The van der Waals surface area contributed by atoms with E-state index in [1.807, 2.05) is 24.3 Å². The summed E-state index contributed by atoms with van der Waals surface area (Å²) in [6.45, 7) is 3.92. The van der Waals surface area contributed by atoms with E-state index < -0.39 is 0 Å². The van der Waals surface area contributed by atoms with Gasteiger partial charge in [-0.15, -0.1) is 0 Å². The van der Waals surface area contributed by atoms with Crippen molar-refractivity contribution in [1.82, 2.24) is 9.80 Å². The monoisotopic (exact) mass is 405 g/mol. The summed E-state index contributed by atoms with van der Waals surface area (Å²) in [6.07, 6.45) is 1.90. The van der Waals surface area contributed by atoms with Gasteiger partial charge in [-0.1, -0.05) is 18.2 Å². The van der Waals surface area contributed by atoms with Gasteiger partial charge in [0, 0.05) is 55.5 Å². The van der Waals surface area contributed by atoms with Gasteiger partial charge in [-0.05, 0) is 24.3 Å². The zero-order valence-corrected chi connectivity index (χ0v) is 17.2. The summed E-state index contributed by atoms with van der Waals surface area (Å²) >= 11 is 0. The van der Waals surface area contributed by atoms with Crippen LogP contribution in [0, 0.1) is 0 Å². The van der Waals surface area contributed by atoms with Crippen LogP contribution in [0.15, 0.2) is 53.5 Å². The molecule has 3 heterocycles. The highest BCUT2D eigenvalue weighted by molar-refractivity contribution is 6.06. The average Bonchev–Trinajstić information content (AvgIpc) is 3.27. The summed E-state index contributed by atoms with van der Waals surface area (Å²) in [5.74, 6) is 1.86. The van der Waals surface area contributed by atoms with Crippen molar-refractivity contribution in [3.8, 4) is 5.75 Å². The Morgan fingerprint density at radius 1 is 1.17 bits per heavy atom. The Labute approximate surface area is 176 Å². The number of para-hydroxylation sites is 1. The Kier molecular flexibility index (Phi) is 4.83. The number of anilines is 2. The van der Waals surface area contributed by atoms with Crippen LogP contribution in [0.1, 0.15) is 18.4 Å². The molecule has 0 aliphatic carbocycles. The number of amides is 1. The van der Waals surface area contributed by atoms with Crippen LogP contribution in [0.2, 0.25) is 0 Å². The Hall–Kier alpha value is -3.06. The van der Waals surface area contributed by atoms with Gasteiger partial charge in [0.25, 0.3) is 0 Å². The molecule has 0 saturated carbocycles. The van der Waals surface area contributed by atoms with E-state index in [0.29, 0.717) is 6.54 Å². The number of nitrogens with zero attached hydrogens (tertiary/aromatic N) is 3. The highest BCUT2D eigenvalue weighted by Crippen LogP contribution is 2.39. The van der Waals surface area contributed by atoms with E-state index in [1.165, 1.54) is 11.3 Å². The standard InChI is InChI=1S/C23H27N5O2/c1-30-18-6-4-5-17(15-18)25-21(29)16-27-12-9-23(10-13-27)26-20-8-3-2-7-19(20)22-24-11-14-28(22)23/h2-8,15,26H,9-14,16H2,1H3,(H,25,29). The van der Waals surface area contributed by atoms with Gasteiger partial charge < -0.3 is 20.3 Å². The minimum absolute atomic E-state index is 0.00424. The Bertz CT molecular complexity index is 981. The van der Waals surface area contributed by atoms with Crippen LogP contribution in [0.25, 0.3) is 0 Å². The zero-order chi connectivity index (χ0) is 20.6. The third kappa shape index (κ3) is 3.39. The molecule has 2 aromatic rings. The summed E-state index contributed by atoms with van der Waals surface area (Å²) in [6, 6.07) is 15.9. The van der Waals surface area contributed by atoms with Crippen molar-refractivity contribution >= 4 is 23.1 Å². The molecule has 0 unspecified atom stereocenters. The minimum atomic E-state index is -0.108. The first-order chi connectivity index (χ1) is 14.7. The molecule has 7 heteroatoms. The number of amidine groups is 1. The Morgan fingerprint density at radius 2 is 2.00 bits per heavy atom. The first-order valence-electron chi connectivity index (χ1n) is 10.5. The van der Waals surface area contributed by atoms with E-state index in [1.54, 1.807) is 7.11 Å². The fraction of sp³-hybridized carbons (Fsp3) is 0.391. The number of carbonyl (C=O) groups is 1. The van der Waals surface area contributed by atoms with Crippen LogP contribution < -0.4 is 15.4 Å². The van der Waals surface area contributed by atoms with Gasteiger partial charge in [-0.3, -0.25) is 14.7 Å². The number of nitrogens with one attached hydrogen (secondary N) is 2. The maximum atomic E-state index is 12.6. The molecule has 0 radical (unpaired) electrons. The quantitative estimate of drug-likeness (QED) is 0.818. The van der Waals surface area contributed by atoms with E-state index >= 15 is 0 Å². The molecule has 156 valence electrons. The van der Waals surface area contributed by atoms with Crippen molar-refractivity contribution in [2.75, 3.05) is 50.5 Å². The summed E-state index contributed by atoms with van der Waals surface area (Å²) < 4.78 is 5.23. The van der Waals surface area contributed by atoms with Crippen LogP contribution in [0.3, 0.4) is 0 Å². The van der Waals surface area contributed by atoms with Gasteiger partial charge >= 0.3 is 0 Å². The first-order valence-corrected chi connectivity index (χ1v) is 10.5.